The van der Waals surface area contributed by atoms with Crippen molar-refractivity contribution in [2.24, 2.45) is 0 Å². The van der Waals surface area contributed by atoms with E-state index in [0.717, 1.165) is 5.56 Å². The number of hydrogen-bond donors (Lipinski definition) is 0. The molecule has 1 aromatic heterocycles. The van der Waals surface area contributed by atoms with Gasteiger partial charge in [-0.3, -0.25) is 0 Å². The molecule has 4 aromatic rings. The van der Waals surface area contributed by atoms with E-state index < -0.39 is 10.1 Å². The zero-order valence-corrected chi connectivity index (χ0v) is 16.8. The highest BCUT2D eigenvalue weighted by atomic mass is 35.5. The Labute approximate surface area is 174 Å². The molecular formula is C22H17ClN2O3S. The zero-order valence-electron chi connectivity index (χ0n) is 15.3. The highest BCUT2D eigenvalue weighted by molar-refractivity contribution is 7.86. The predicted octanol–water partition coefficient (Wildman–Crippen LogP) is 5.10. The van der Waals surface area contributed by atoms with E-state index in [2.05, 4.69) is 5.10 Å². The molecule has 1 heterocycles. The SMILES string of the molecule is O=S(=O)(Cc1ccccc1)Oc1cc(-c2ccccc2)nn1-c1cccc(Cl)c1. The molecule has 0 spiro atoms. The van der Waals surface area contributed by atoms with Gasteiger partial charge in [-0.2, -0.15) is 18.2 Å². The summed E-state index contributed by atoms with van der Waals surface area (Å²) in [6.45, 7) is 0. The minimum atomic E-state index is -3.89. The first kappa shape index (κ1) is 19.2. The van der Waals surface area contributed by atoms with Crippen LogP contribution >= 0.6 is 11.6 Å². The molecule has 0 amide bonds. The Balaban J connectivity index is 1.74. The van der Waals surface area contributed by atoms with Crippen molar-refractivity contribution in [1.29, 1.82) is 0 Å². The molecule has 7 heteroatoms. The van der Waals surface area contributed by atoms with Crippen molar-refractivity contribution in [1.82, 2.24) is 9.78 Å². The van der Waals surface area contributed by atoms with Crippen molar-refractivity contribution in [3.63, 3.8) is 0 Å². The van der Waals surface area contributed by atoms with E-state index in [-0.39, 0.29) is 11.6 Å². The molecule has 0 unspecified atom stereocenters. The minimum Gasteiger partial charge on any atom is -0.361 e. The number of halogens is 1. The monoisotopic (exact) mass is 424 g/mol. The topological polar surface area (TPSA) is 61.2 Å². The zero-order chi connectivity index (χ0) is 20.3. The predicted molar refractivity (Wildman–Crippen MR) is 114 cm³/mol. The molecule has 0 fully saturated rings. The summed E-state index contributed by atoms with van der Waals surface area (Å²) in [7, 11) is -3.89. The number of rotatable bonds is 6. The van der Waals surface area contributed by atoms with Crippen LogP contribution < -0.4 is 4.18 Å². The Hall–Kier alpha value is -3.09. The van der Waals surface area contributed by atoms with E-state index in [1.807, 2.05) is 36.4 Å². The molecule has 3 aromatic carbocycles. The van der Waals surface area contributed by atoms with Crippen LogP contribution in [0.4, 0.5) is 0 Å². The van der Waals surface area contributed by atoms with Gasteiger partial charge < -0.3 is 4.18 Å². The first-order chi connectivity index (χ1) is 14.0. The fourth-order valence-electron chi connectivity index (χ4n) is 2.90. The summed E-state index contributed by atoms with van der Waals surface area (Å²) < 4.78 is 32.3. The van der Waals surface area contributed by atoms with Crippen LogP contribution in [-0.4, -0.2) is 18.2 Å². The number of nitrogens with zero attached hydrogens (tertiary/aromatic N) is 2. The highest BCUT2D eigenvalue weighted by Gasteiger charge is 2.20. The Kier molecular flexibility index (Phi) is 5.38. The summed E-state index contributed by atoms with van der Waals surface area (Å²) in [6, 6.07) is 26.9. The van der Waals surface area contributed by atoms with Crippen molar-refractivity contribution in [2.75, 3.05) is 0 Å². The Morgan fingerprint density at radius 2 is 1.55 bits per heavy atom. The van der Waals surface area contributed by atoms with Gasteiger partial charge in [-0.05, 0) is 23.8 Å². The quantitative estimate of drug-likeness (QED) is 0.404. The lowest BCUT2D eigenvalue weighted by Crippen LogP contribution is -2.14. The van der Waals surface area contributed by atoms with Crippen LogP contribution in [0.15, 0.2) is 91.0 Å². The van der Waals surface area contributed by atoms with Gasteiger partial charge in [0.25, 0.3) is 0 Å². The molecule has 0 radical (unpaired) electrons. The molecule has 0 bridgehead atoms. The maximum atomic E-state index is 12.7. The molecule has 0 atom stereocenters. The van der Waals surface area contributed by atoms with Crippen molar-refractivity contribution in [3.05, 3.63) is 102 Å². The molecular weight excluding hydrogens is 408 g/mol. The molecule has 0 aliphatic carbocycles. The third-order valence-electron chi connectivity index (χ3n) is 4.20. The lowest BCUT2D eigenvalue weighted by Gasteiger charge is -2.09. The van der Waals surface area contributed by atoms with Crippen LogP contribution in [0.3, 0.4) is 0 Å². The summed E-state index contributed by atoms with van der Waals surface area (Å²) in [5.74, 6) is -0.142. The molecule has 4 rings (SSSR count). The molecule has 146 valence electrons. The highest BCUT2D eigenvalue weighted by Crippen LogP contribution is 2.28. The van der Waals surface area contributed by atoms with Crippen LogP contribution in [0.5, 0.6) is 5.88 Å². The number of benzene rings is 3. The third kappa shape index (κ3) is 4.67. The van der Waals surface area contributed by atoms with Crippen LogP contribution in [0.1, 0.15) is 5.56 Å². The van der Waals surface area contributed by atoms with Crippen molar-refractivity contribution >= 4 is 21.7 Å². The van der Waals surface area contributed by atoms with E-state index in [9.17, 15) is 8.42 Å². The molecule has 0 N–H and O–H groups in total. The van der Waals surface area contributed by atoms with Crippen LogP contribution in [0, 0.1) is 0 Å². The molecule has 0 aliphatic heterocycles. The van der Waals surface area contributed by atoms with E-state index in [1.165, 1.54) is 4.68 Å². The maximum Gasteiger partial charge on any atom is 0.314 e. The fourth-order valence-corrected chi connectivity index (χ4v) is 4.13. The lowest BCUT2D eigenvalue weighted by atomic mass is 10.2. The molecule has 5 nitrogen and oxygen atoms in total. The second-order valence-electron chi connectivity index (χ2n) is 6.40. The summed E-state index contributed by atoms with van der Waals surface area (Å²) in [5.41, 5.74) is 2.68. The summed E-state index contributed by atoms with van der Waals surface area (Å²) >= 11 is 6.11. The van der Waals surface area contributed by atoms with Crippen LogP contribution in [-0.2, 0) is 15.9 Å². The van der Waals surface area contributed by atoms with Gasteiger partial charge in [0.05, 0.1) is 11.4 Å². The van der Waals surface area contributed by atoms with Gasteiger partial charge in [-0.15, -0.1) is 0 Å². The number of hydrogen-bond acceptors (Lipinski definition) is 4. The molecule has 0 saturated heterocycles. The fraction of sp³-hybridized carbons (Fsp3) is 0.0455. The van der Waals surface area contributed by atoms with Gasteiger partial charge >= 0.3 is 10.1 Å². The first-order valence-electron chi connectivity index (χ1n) is 8.88. The van der Waals surface area contributed by atoms with Gasteiger partial charge in [-0.1, -0.05) is 78.3 Å². The van der Waals surface area contributed by atoms with Gasteiger partial charge in [0, 0.05) is 16.7 Å². The second kappa shape index (κ2) is 8.11. The Morgan fingerprint density at radius 1 is 0.862 bits per heavy atom. The summed E-state index contributed by atoms with van der Waals surface area (Å²) in [6.07, 6.45) is 0. The second-order valence-corrected chi connectivity index (χ2v) is 8.40. The summed E-state index contributed by atoms with van der Waals surface area (Å²) in [5, 5.41) is 5.06. The number of aromatic nitrogens is 2. The van der Waals surface area contributed by atoms with E-state index in [0.29, 0.717) is 22.0 Å². The van der Waals surface area contributed by atoms with E-state index >= 15 is 0 Å². The molecule has 0 saturated carbocycles. The van der Waals surface area contributed by atoms with Crippen LogP contribution in [0.2, 0.25) is 5.02 Å². The van der Waals surface area contributed by atoms with Gasteiger partial charge in [0.2, 0.25) is 5.88 Å². The van der Waals surface area contributed by atoms with Crippen molar-refractivity contribution < 1.29 is 12.6 Å². The van der Waals surface area contributed by atoms with Gasteiger partial charge in [-0.25, -0.2) is 0 Å². The van der Waals surface area contributed by atoms with Crippen LogP contribution in [0.25, 0.3) is 16.9 Å². The van der Waals surface area contributed by atoms with Gasteiger partial charge in [0.15, 0.2) is 0 Å². The summed E-state index contributed by atoms with van der Waals surface area (Å²) in [4.78, 5) is 0. The van der Waals surface area contributed by atoms with E-state index in [4.69, 9.17) is 15.8 Å². The van der Waals surface area contributed by atoms with Gasteiger partial charge in [0.1, 0.15) is 5.75 Å². The molecule has 0 aliphatic rings. The largest absolute Gasteiger partial charge is 0.361 e. The van der Waals surface area contributed by atoms with Crippen molar-refractivity contribution in [2.45, 2.75) is 5.75 Å². The first-order valence-corrected chi connectivity index (χ1v) is 10.8. The van der Waals surface area contributed by atoms with E-state index in [1.54, 1.807) is 54.6 Å². The van der Waals surface area contributed by atoms with Crippen molar-refractivity contribution in [3.8, 4) is 22.8 Å². The Morgan fingerprint density at radius 3 is 2.24 bits per heavy atom. The molecule has 29 heavy (non-hydrogen) atoms. The minimum absolute atomic E-state index is 0.0991. The average molecular weight is 425 g/mol. The maximum absolute atomic E-state index is 12.7. The Bertz CT molecular complexity index is 1220. The standard InChI is InChI=1S/C22H17ClN2O3S/c23-19-12-7-13-20(14-19)25-22(15-21(24-25)18-10-5-2-6-11-18)28-29(26,27)16-17-8-3-1-4-9-17/h1-15H,16H2. The lowest BCUT2D eigenvalue weighted by molar-refractivity contribution is 0.464. The smallest absolute Gasteiger partial charge is 0.314 e. The third-order valence-corrected chi connectivity index (χ3v) is 5.54. The normalized spacial score (nSPS) is 11.3. The average Bonchev–Trinajstić information content (AvgIpc) is 3.12.